The molecule has 3 aliphatic rings. The molecular formula is C25H27FN4O4. The van der Waals surface area contributed by atoms with E-state index in [4.69, 9.17) is 26.0 Å². The zero-order valence-corrected chi connectivity index (χ0v) is 16.9. The molecular weight excluding hydrogens is 439 g/mol. The third-order valence-electron chi connectivity index (χ3n) is 4.64. The largest absolute Gasteiger partial charge is 0.381 e. The lowest BCUT2D eigenvalue weighted by Crippen LogP contribution is -2.52. The Bertz CT molecular complexity index is 1920. The maximum absolute atomic E-state index is 15.8. The van der Waals surface area contributed by atoms with Crippen LogP contribution >= 0.6 is 0 Å². The number of hydrogen-bond acceptors (Lipinski definition) is 6. The summed E-state index contributed by atoms with van der Waals surface area (Å²) < 4.78 is 177. The van der Waals surface area contributed by atoms with E-state index in [9.17, 15) is 14.4 Å². The average molecular weight is 486 g/mol. The Labute approximate surface area is 223 Å². The minimum absolute atomic E-state index is 0.240. The highest BCUT2D eigenvalue weighted by atomic mass is 19.1. The number of carbonyl (C=O) groups is 3. The van der Waals surface area contributed by atoms with Gasteiger partial charge in [0.2, 0.25) is 11.8 Å². The van der Waals surface area contributed by atoms with Gasteiger partial charge >= 0.3 is 0 Å². The Kier molecular flexibility index (Phi) is 2.63. The highest BCUT2D eigenvalue weighted by Gasteiger charge is 2.39. The van der Waals surface area contributed by atoms with E-state index in [1.807, 2.05) is 0 Å². The van der Waals surface area contributed by atoms with Crippen molar-refractivity contribution in [3.05, 3.63) is 64.5 Å². The van der Waals surface area contributed by atoms with Gasteiger partial charge < -0.3 is 15.0 Å². The molecule has 0 aromatic heterocycles. The number of piperidine rings is 1. The monoisotopic (exact) mass is 485 g/mol. The van der Waals surface area contributed by atoms with Crippen LogP contribution in [0.1, 0.15) is 65.8 Å². The number of nitrogens with zero attached hydrogens (tertiary/aromatic N) is 2. The van der Waals surface area contributed by atoms with E-state index in [1.54, 1.807) is 0 Å². The first-order chi connectivity index (χ1) is 23.6. The molecule has 0 saturated carbocycles. The summed E-state index contributed by atoms with van der Waals surface area (Å²) >= 11 is 0. The van der Waals surface area contributed by atoms with E-state index in [0.29, 0.717) is 18.2 Å². The Balaban J connectivity index is 1.55. The molecule has 2 N–H and O–H groups in total. The number of rotatable bonds is 6. The van der Waals surface area contributed by atoms with Gasteiger partial charge in [0.1, 0.15) is 11.8 Å². The van der Waals surface area contributed by atoms with Crippen molar-refractivity contribution in [3.63, 3.8) is 0 Å². The second kappa shape index (κ2) is 9.52. The molecule has 9 heteroatoms. The lowest BCUT2D eigenvalue weighted by atomic mass is 10.0. The van der Waals surface area contributed by atoms with Gasteiger partial charge in [-0.25, -0.2) is 4.39 Å². The summed E-state index contributed by atoms with van der Waals surface area (Å²) in [5.74, 6) is -6.81. The van der Waals surface area contributed by atoms with Gasteiger partial charge in [-0.2, -0.15) is 0 Å². The van der Waals surface area contributed by atoms with Gasteiger partial charge in [-0.15, -0.1) is 0 Å². The van der Waals surface area contributed by atoms with Crippen molar-refractivity contribution in [2.75, 3.05) is 31.4 Å². The number of ether oxygens (including phenoxy) is 1. The van der Waals surface area contributed by atoms with Crippen LogP contribution in [-0.4, -0.2) is 59.7 Å². The first-order valence-electron chi connectivity index (χ1n) is 19.0. The maximum Gasteiger partial charge on any atom is 0.255 e. The highest BCUT2D eigenvalue weighted by Crippen LogP contribution is 2.32. The molecule has 1 atom stereocenters. The molecule has 2 fully saturated rings. The number of carbonyl (C=O) groups excluding carboxylic acids is 3. The normalized spacial score (nSPS) is 42.6. The number of hydrogen-bond donors (Lipinski definition) is 2. The summed E-state index contributed by atoms with van der Waals surface area (Å²) in [6.07, 6.45) is -7.51. The molecule has 0 bridgehead atoms. The molecule has 3 aliphatic heterocycles. The van der Waals surface area contributed by atoms with Crippen molar-refractivity contribution < 1.29 is 49.6 Å². The van der Waals surface area contributed by atoms with E-state index >= 15 is 4.39 Å². The number of amides is 3. The van der Waals surface area contributed by atoms with E-state index < -0.39 is 121 Å². The Morgan fingerprint density at radius 3 is 2.85 bits per heavy atom. The summed E-state index contributed by atoms with van der Waals surface area (Å²) in [6.45, 7) is -24.9. The molecule has 34 heavy (non-hydrogen) atoms. The third-order valence-corrected chi connectivity index (χ3v) is 4.64. The van der Waals surface area contributed by atoms with Crippen LogP contribution in [0.15, 0.2) is 36.4 Å². The summed E-state index contributed by atoms with van der Waals surface area (Å²) in [4.78, 5) is 38.0. The second-order valence-corrected chi connectivity index (χ2v) is 6.78. The smallest absolute Gasteiger partial charge is 0.255 e. The summed E-state index contributed by atoms with van der Waals surface area (Å²) in [5.41, 5.74) is -4.00. The van der Waals surface area contributed by atoms with Crippen molar-refractivity contribution in [2.45, 2.75) is 38.3 Å². The number of benzene rings is 2. The van der Waals surface area contributed by atoms with Crippen LogP contribution in [-0.2, 0) is 33.8 Å². The number of halogens is 1. The number of nitrogens with one attached hydrogen (secondary N) is 2. The Morgan fingerprint density at radius 2 is 2.06 bits per heavy atom. The summed E-state index contributed by atoms with van der Waals surface area (Å²) in [5, 5.41) is 3.60. The Morgan fingerprint density at radius 1 is 1.24 bits per heavy atom. The molecule has 2 saturated heterocycles. The predicted molar refractivity (Wildman–Crippen MR) is 122 cm³/mol. The quantitative estimate of drug-likeness (QED) is 0.609. The van der Waals surface area contributed by atoms with Crippen molar-refractivity contribution in [3.8, 4) is 0 Å². The first kappa shape index (κ1) is 9.39. The minimum atomic E-state index is -3.87. The average Bonchev–Trinajstić information content (AvgIpc) is 3.18. The number of morpholine rings is 1. The molecule has 8 nitrogen and oxygen atoms in total. The van der Waals surface area contributed by atoms with E-state index in [1.165, 1.54) is 5.32 Å². The fraction of sp³-hybridized carbons (Fsp3) is 0.400. The molecule has 0 unspecified atom stereocenters. The second-order valence-electron chi connectivity index (χ2n) is 6.78. The van der Waals surface area contributed by atoms with E-state index in [2.05, 4.69) is 10.1 Å². The van der Waals surface area contributed by atoms with E-state index in [-0.39, 0.29) is 4.90 Å². The lowest BCUT2D eigenvalue weighted by molar-refractivity contribution is -0.136. The Hall–Kier alpha value is -3.30. The molecule has 0 spiro atoms. The fourth-order valence-corrected chi connectivity index (χ4v) is 3.12. The summed E-state index contributed by atoms with van der Waals surface area (Å²) in [7, 11) is 0. The topological polar surface area (TPSA) is 91.0 Å². The standard InChI is InChI=1S/C25H27FN4O4/c26-20-12-16(14-29-8-10-34-11-9-29)4-5-17(20)13-27-21-3-1-2-18-19(21)15-30(25(18)33)22-6-7-23(31)28-24(22)32/h1-5,12,22,27H,6-11,13-15H2,(H,28,31,32)/t22-/m1/s1/i6D2,7D2,8D2,9D2,10D2,11D2,13D2,14D2,15D2,22D. The molecule has 3 amide bonds. The summed E-state index contributed by atoms with van der Waals surface area (Å²) in [6, 6.07) is 0.804. The predicted octanol–water partition coefficient (Wildman–Crippen LogP) is 2.03. The molecule has 3 heterocycles. The molecule has 2 aromatic rings. The minimum Gasteiger partial charge on any atom is -0.381 e. The van der Waals surface area contributed by atoms with Crippen LogP contribution in [0.2, 0.25) is 0 Å². The number of imide groups is 1. The van der Waals surface area contributed by atoms with Gasteiger partial charge in [0.25, 0.3) is 5.91 Å². The number of anilines is 1. The first-order valence-corrected chi connectivity index (χ1v) is 9.53. The van der Waals surface area contributed by atoms with Crippen LogP contribution in [0.5, 0.6) is 0 Å². The van der Waals surface area contributed by atoms with Crippen LogP contribution in [0.4, 0.5) is 10.1 Å². The van der Waals surface area contributed by atoms with Crippen molar-refractivity contribution in [2.24, 2.45) is 0 Å². The molecule has 0 aliphatic carbocycles. The zero-order valence-electron chi connectivity index (χ0n) is 35.9. The van der Waals surface area contributed by atoms with Crippen LogP contribution < -0.4 is 10.6 Å². The van der Waals surface area contributed by atoms with Gasteiger partial charge in [0.15, 0.2) is 0 Å². The molecule has 0 radical (unpaired) electrons. The van der Waals surface area contributed by atoms with Gasteiger partial charge in [0.05, 0.1) is 25.5 Å². The molecule has 2 aromatic carbocycles. The van der Waals surface area contributed by atoms with Gasteiger partial charge in [0, 0.05) is 74.9 Å². The van der Waals surface area contributed by atoms with Crippen molar-refractivity contribution in [1.82, 2.24) is 15.1 Å². The van der Waals surface area contributed by atoms with Gasteiger partial charge in [-0.1, -0.05) is 18.2 Å². The third kappa shape index (κ3) is 4.53. The molecule has 5 rings (SSSR count). The van der Waals surface area contributed by atoms with Gasteiger partial charge in [-0.05, 0) is 30.1 Å². The lowest BCUT2D eigenvalue weighted by Gasteiger charge is -2.29. The van der Waals surface area contributed by atoms with Crippen molar-refractivity contribution in [1.29, 1.82) is 0 Å². The van der Waals surface area contributed by atoms with Crippen LogP contribution in [0.3, 0.4) is 0 Å². The zero-order chi connectivity index (χ0) is 40.7. The highest BCUT2D eigenvalue weighted by molar-refractivity contribution is 6.06. The number of fused-ring (bicyclic) bond motifs is 1. The SMILES string of the molecule is [2H]C([2H])(Nc1cccc2c1C([2H])([2H])N([C@@]1([2H])C(=O)NC(=O)C([2H])([2H])C1([2H])[2H])C2=O)c1ccc(C([2H])([2H])N2C([2H])([2H])C([2H])([2H])OC([2H])([2H])C2([2H])[2H])cc1F. The molecule has 178 valence electrons. The van der Waals surface area contributed by atoms with Crippen molar-refractivity contribution >= 4 is 23.4 Å². The van der Waals surface area contributed by atoms with E-state index in [0.717, 1.165) is 18.2 Å². The van der Waals surface area contributed by atoms with Crippen LogP contribution in [0, 0.1) is 5.82 Å². The maximum atomic E-state index is 15.8. The van der Waals surface area contributed by atoms with Gasteiger partial charge in [-0.3, -0.25) is 24.6 Å². The fourth-order valence-electron chi connectivity index (χ4n) is 3.12. The van der Waals surface area contributed by atoms with Crippen LogP contribution in [0.25, 0.3) is 0 Å².